The lowest BCUT2D eigenvalue weighted by atomic mass is 9.80. The Balaban J connectivity index is 1.82. The highest BCUT2D eigenvalue weighted by Crippen LogP contribution is 2.48. The summed E-state index contributed by atoms with van der Waals surface area (Å²) < 4.78 is 6.24. The Morgan fingerprint density at radius 1 is 1.04 bits per heavy atom. The van der Waals surface area contributed by atoms with E-state index in [-0.39, 0.29) is 6.17 Å². The van der Waals surface area contributed by atoms with Crippen molar-refractivity contribution in [3.05, 3.63) is 54.4 Å². The van der Waals surface area contributed by atoms with Gasteiger partial charge in [0.2, 0.25) is 5.71 Å². The van der Waals surface area contributed by atoms with Gasteiger partial charge in [0.1, 0.15) is 14.0 Å². The summed E-state index contributed by atoms with van der Waals surface area (Å²) in [6.45, 7) is 8.26. The van der Waals surface area contributed by atoms with Crippen LogP contribution in [0.15, 0.2) is 53.2 Å². The zero-order chi connectivity index (χ0) is 19.6. The molecule has 1 aliphatic rings. The molecule has 1 atom stereocenters. The molecule has 0 aliphatic carbocycles. The van der Waals surface area contributed by atoms with Crippen LogP contribution >= 0.6 is 0 Å². The molecule has 2 radical (unpaired) electrons. The van der Waals surface area contributed by atoms with Crippen LogP contribution < -0.4 is 9.80 Å². The lowest BCUT2D eigenvalue weighted by molar-refractivity contribution is 0.555. The van der Waals surface area contributed by atoms with Gasteiger partial charge in [0.25, 0.3) is 0 Å². The number of rotatable bonds is 2. The fourth-order valence-corrected chi connectivity index (χ4v) is 4.38. The molecule has 1 aromatic carbocycles. The van der Waals surface area contributed by atoms with Crippen molar-refractivity contribution in [2.45, 2.75) is 39.3 Å². The number of anilines is 3. The average Bonchev–Trinajstić information content (AvgIpc) is 3.16. The summed E-state index contributed by atoms with van der Waals surface area (Å²) >= 11 is 0. The zero-order valence-electron chi connectivity index (χ0n) is 16.5. The van der Waals surface area contributed by atoms with E-state index < -0.39 is 5.44 Å². The highest BCUT2D eigenvalue weighted by atomic mass is 16.3. The number of hydrogen-bond donors (Lipinski definition) is 0. The largest absolute Gasteiger partial charge is 0.435 e. The van der Waals surface area contributed by atoms with E-state index in [4.69, 9.17) is 12.3 Å². The summed E-state index contributed by atoms with van der Waals surface area (Å²) in [5.41, 5.74) is 4.12. The van der Waals surface area contributed by atoms with Crippen LogP contribution in [-0.4, -0.2) is 29.4 Å². The van der Waals surface area contributed by atoms with Crippen LogP contribution in [0, 0.1) is 6.92 Å². The second kappa shape index (κ2) is 5.74. The number of benzene rings is 1. The standard InChI is InChI=1S/C22H21BN4O/c1-13-9-10-15-16-7-5-12-25-21(16)28-19(15)18(13)26-14(2)27(22(3,4)23)20-17(26)8-6-11-24-20/h5-12,14H,1-4H3. The predicted molar refractivity (Wildman–Crippen MR) is 114 cm³/mol. The van der Waals surface area contributed by atoms with Crippen molar-refractivity contribution in [3.8, 4) is 0 Å². The number of fused-ring (bicyclic) bond motifs is 4. The Bertz CT molecular complexity index is 1210. The Hall–Kier alpha value is -3.02. The van der Waals surface area contributed by atoms with E-state index in [9.17, 15) is 0 Å². The molecule has 6 heteroatoms. The first-order valence-electron chi connectivity index (χ1n) is 9.47. The summed E-state index contributed by atoms with van der Waals surface area (Å²) in [6.07, 6.45) is 3.55. The molecule has 4 aromatic rings. The molecule has 1 aliphatic heterocycles. The molecule has 0 spiro atoms. The fraction of sp³-hybridized carbons (Fsp3) is 0.273. The molecule has 4 heterocycles. The molecule has 28 heavy (non-hydrogen) atoms. The van der Waals surface area contributed by atoms with E-state index >= 15 is 0 Å². The van der Waals surface area contributed by atoms with E-state index in [1.54, 1.807) is 6.20 Å². The third-order valence-electron chi connectivity index (χ3n) is 5.46. The van der Waals surface area contributed by atoms with E-state index in [2.05, 4.69) is 51.8 Å². The first-order chi connectivity index (χ1) is 13.4. The summed E-state index contributed by atoms with van der Waals surface area (Å²) in [4.78, 5) is 13.5. The number of pyridine rings is 2. The number of aromatic nitrogens is 2. The second-order valence-electron chi connectivity index (χ2n) is 7.94. The van der Waals surface area contributed by atoms with Crippen LogP contribution in [0.5, 0.6) is 0 Å². The minimum Gasteiger partial charge on any atom is -0.435 e. The van der Waals surface area contributed by atoms with E-state index in [1.807, 2.05) is 38.2 Å². The monoisotopic (exact) mass is 368 g/mol. The lowest BCUT2D eigenvalue weighted by Gasteiger charge is -2.39. The van der Waals surface area contributed by atoms with E-state index in [0.717, 1.165) is 39.1 Å². The van der Waals surface area contributed by atoms with Crippen LogP contribution in [0.3, 0.4) is 0 Å². The fourth-order valence-electron chi connectivity index (χ4n) is 4.38. The van der Waals surface area contributed by atoms with Gasteiger partial charge in [-0.2, -0.15) is 0 Å². The maximum absolute atomic E-state index is 6.52. The predicted octanol–water partition coefficient (Wildman–Crippen LogP) is 4.89. The second-order valence-corrected chi connectivity index (χ2v) is 7.94. The van der Waals surface area contributed by atoms with Gasteiger partial charge in [-0.1, -0.05) is 26.0 Å². The first kappa shape index (κ1) is 17.1. The van der Waals surface area contributed by atoms with Crippen LogP contribution in [-0.2, 0) is 0 Å². The van der Waals surface area contributed by atoms with Gasteiger partial charge < -0.3 is 14.2 Å². The number of hydrogen-bond acceptors (Lipinski definition) is 5. The molecular weight excluding hydrogens is 347 g/mol. The number of aryl methyl sites for hydroxylation is 1. The van der Waals surface area contributed by atoms with E-state index in [1.165, 1.54) is 0 Å². The molecule has 0 fully saturated rings. The lowest BCUT2D eigenvalue weighted by Crippen LogP contribution is -2.51. The highest BCUT2D eigenvalue weighted by molar-refractivity contribution is 6.17. The Kier molecular flexibility index (Phi) is 3.51. The zero-order valence-corrected chi connectivity index (χ0v) is 16.5. The summed E-state index contributed by atoms with van der Waals surface area (Å²) in [5.74, 6) is 0.883. The molecule has 0 amide bonds. The van der Waals surface area contributed by atoms with Crippen LogP contribution in [0.25, 0.3) is 22.1 Å². The van der Waals surface area contributed by atoms with Gasteiger partial charge in [0.05, 0.1) is 11.4 Å². The molecule has 0 N–H and O–H groups in total. The van der Waals surface area contributed by atoms with Gasteiger partial charge in [-0.3, -0.25) is 0 Å². The normalized spacial score (nSPS) is 16.9. The molecule has 138 valence electrons. The molecule has 1 unspecified atom stereocenters. The van der Waals surface area contributed by atoms with Crippen molar-refractivity contribution in [1.82, 2.24) is 9.97 Å². The van der Waals surface area contributed by atoms with Crippen LogP contribution in [0.4, 0.5) is 17.2 Å². The summed E-state index contributed by atoms with van der Waals surface area (Å²) in [6, 6.07) is 12.3. The summed E-state index contributed by atoms with van der Waals surface area (Å²) in [7, 11) is 6.52. The minimum absolute atomic E-state index is 0.0182. The van der Waals surface area contributed by atoms with Gasteiger partial charge in [0, 0.05) is 23.2 Å². The van der Waals surface area contributed by atoms with Gasteiger partial charge in [-0.25, -0.2) is 9.97 Å². The van der Waals surface area contributed by atoms with Crippen LogP contribution in [0.1, 0.15) is 26.3 Å². The minimum atomic E-state index is -0.561. The maximum Gasteiger partial charge on any atom is 0.227 e. The number of nitrogens with zero attached hydrogens (tertiary/aromatic N) is 4. The maximum atomic E-state index is 6.52. The third kappa shape index (κ3) is 2.27. The van der Waals surface area contributed by atoms with Crippen molar-refractivity contribution in [2.24, 2.45) is 0 Å². The third-order valence-corrected chi connectivity index (χ3v) is 5.46. The molecule has 5 rings (SSSR count). The van der Waals surface area contributed by atoms with Gasteiger partial charge in [-0.15, -0.1) is 0 Å². The Labute approximate surface area is 165 Å². The quantitative estimate of drug-likeness (QED) is 0.471. The average molecular weight is 368 g/mol. The summed E-state index contributed by atoms with van der Waals surface area (Å²) in [5, 5.41) is 2.08. The van der Waals surface area contributed by atoms with Gasteiger partial charge >= 0.3 is 0 Å². The van der Waals surface area contributed by atoms with Crippen molar-refractivity contribution in [1.29, 1.82) is 0 Å². The molecule has 0 bridgehead atoms. The molecule has 0 saturated heterocycles. The number of furan rings is 1. The first-order valence-corrected chi connectivity index (χ1v) is 9.47. The topological polar surface area (TPSA) is 45.4 Å². The molecule has 3 aromatic heterocycles. The van der Waals surface area contributed by atoms with Crippen molar-refractivity contribution >= 4 is 47.1 Å². The highest BCUT2D eigenvalue weighted by Gasteiger charge is 2.41. The van der Waals surface area contributed by atoms with Gasteiger partial charge in [-0.05, 0) is 49.1 Å². The van der Waals surface area contributed by atoms with Crippen LogP contribution in [0.2, 0.25) is 0 Å². The molecule has 5 nitrogen and oxygen atoms in total. The molecular formula is C22H21BN4O. The van der Waals surface area contributed by atoms with E-state index in [0.29, 0.717) is 5.71 Å². The van der Waals surface area contributed by atoms with Gasteiger partial charge in [0.15, 0.2) is 11.4 Å². The smallest absolute Gasteiger partial charge is 0.227 e. The Morgan fingerprint density at radius 3 is 2.57 bits per heavy atom. The Morgan fingerprint density at radius 2 is 1.79 bits per heavy atom. The van der Waals surface area contributed by atoms with Crippen molar-refractivity contribution in [3.63, 3.8) is 0 Å². The molecule has 0 saturated carbocycles. The SMILES string of the molecule is [B]C(C)(C)N1c2ncccc2N(c2c(C)ccc3c2oc2ncccc23)C1C. The van der Waals surface area contributed by atoms with Crippen molar-refractivity contribution < 1.29 is 4.42 Å². The van der Waals surface area contributed by atoms with Crippen molar-refractivity contribution in [2.75, 3.05) is 9.80 Å².